The zero-order valence-corrected chi connectivity index (χ0v) is 22.6. The summed E-state index contributed by atoms with van der Waals surface area (Å²) in [6.45, 7) is 11.0. The second-order valence-corrected chi connectivity index (χ2v) is 9.14. The molecular formula is C27H38N4O6. The van der Waals surface area contributed by atoms with E-state index in [1.54, 1.807) is 33.2 Å². The summed E-state index contributed by atoms with van der Waals surface area (Å²) in [5.41, 5.74) is 0.905. The number of unbranched alkanes of at least 4 members (excludes halogenated alkanes) is 2. The molecule has 0 aliphatic carbocycles. The minimum atomic E-state index is -0.980. The number of carbonyl (C=O) groups excluding carboxylic acids is 2. The lowest BCUT2D eigenvalue weighted by atomic mass is 9.81. The number of hydrogen-bond donors (Lipinski definition) is 1. The normalized spacial score (nSPS) is 15.7. The molecule has 0 radical (unpaired) electrons. The number of nitro groups is 1. The van der Waals surface area contributed by atoms with Gasteiger partial charge >= 0.3 is 11.9 Å². The van der Waals surface area contributed by atoms with E-state index < -0.39 is 28.9 Å². The molecule has 37 heavy (non-hydrogen) atoms. The van der Waals surface area contributed by atoms with Crippen LogP contribution in [0.5, 0.6) is 0 Å². The van der Waals surface area contributed by atoms with E-state index in [0.29, 0.717) is 11.3 Å². The van der Waals surface area contributed by atoms with Crippen LogP contribution in [0.2, 0.25) is 0 Å². The molecule has 202 valence electrons. The van der Waals surface area contributed by atoms with Crippen molar-refractivity contribution < 1.29 is 24.0 Å². The first-order chi connectivity index (χ1) is 17.6. The van der Waals surface area contributed by atoms with Gasteiger partial charge in [-0.05, 0) is 39.2 Å². The maximum Gasteiger partial charge on any atom is 0.338 e. The number of ether oxygens (including phenoxy) is 2. The Bertz CT molecular complexity index is 1070. The van der Waals surface area contributed by atoms with Crippen molar-refractivity contribution in [3.63, 3.8) is 0 Å². The summed E-state index contributed by atoms with van der Waals surface area (Å²) in [6, 6.07) is 5.86. The van der Waals surface area contributed by atoms with E-state index in [-0.39, 0.29) is 22.7 Å². The number of nitro benzene ring substituents is 1. The second kappa shape index (κ2) is 14.2. The summed E-state index contributed by atoms with van der Waals surface area (Å²) in [6.07, 6.45) is 5.34. The lowest BCUT2D eigenvalue weighted by Gasteiger charge is -2.30. The Morgan fingerprint density at radius 3 is 2.35 bits per heavy atom. The largest absolute Gasteiger partial charge is 0.466 e. The number of non-ortho nitro benzene ring substituents is 1. The van der Waals surface area contributed by atoms with Gasteiger partial charge < -0.3 is 19.7 Å². The van der Waals surface area contributed by atoms with Crippen LogP contribution >= 0.6 is 0 Å². The molecular weight excluding hydrogens is 476 g/mol. The SMILES string of the molecule is CCCCN(C=NC1=C(C(=O)OC)C(c2cccc([N+](=O)[O-])c2)C(C(=O)OC(C)C)=C(C)N1)CCCC. The van der Waals surface area contributed by atoms with E-state index in [9.17, 15) is 19.7 Å². The number of nitrogens with zero attached hydrogens (tertiary/aromatic N) is 3. The van der Waals surface area contributed by atoms with Gasteiger partial charge in [0, 0.05) is 30.9 Å². The summed E-state index contributed by atoms with van der Waals surface area (Å²) in [7, 11) is 1.24. The molecule has 0 aromatic heterocycles. The van der Waals surface area contributed by atoms with Crippen molar-refractivity contribution in [2.45, 2.75) is 72.3 Å². The summed E-state index contributed by atoms with van der Waals surface area (Å²) < 4.78 is 10.6. The first-order valence-electron chi connectivity index (χ1n) is 12.7. The van der Waals surface area contributed by atoms with Crippen molar-refractivity contribution >= 4 is 24.0 Å². The summed E-state index contributed by atoms with van der Waals surface area (Å²) >= 11 is 0. The van der Waals surface area contributed by atoms with Crippen LogP contribution in [-0.4, -0.2) is 54.4 Å². The fraction of sp³-hybridized carbons (Fsp3) is 0.519. The molecule has 1 heterocycles. The Labute approximate surface area is 218 Å². The highest BCUT2D eigenvalue weighted by Crippen LogP contribution is 2.40. The number of aliphatic imine (C=N–C) groups is 1. The predicted molar refractivity (Wildman–Crippen MR) is 142 cm³/mol. The van der Waals surface area contributed by atoms with E-state index in [4.69, 9.17) is 9.47 Å². The second-order valence-electron chi connectivity index (χ2n) is 9.14. The quantitative estimate of drug-likeness (QED) is 0.131. The molecule has 1 N–H and O–H groups in total. The van der Waals surface area contributed by atoms with Gasteiger partial charge in [0.2, 0.25) is 0 Å². The van der Waals surface area contributed by atoms with Gasteiger partial charge in [0.1, 0.15) is 5.82 Å². The molecule has 2 rings (SSSR count). The number of dihydropyridines is 1. The number of nitrogens with one attached hydrogen (secondary N) is 1. The number of benzene rings is 1. The number of rotatable bonds is 13. The third-order valence-electron chi connectivity index (χ3n) is 5.87. The van der Waals surface area contributed by atoms with Crippen molar-refractivity contribution in [2.24, 2.45) is 4.99 Å². The standard InChI is InChI=1S/C27H38N4O6/c1-7-9-14-30(15-10-8-2)17-28-25-24(26(32)36-6)23(20-12-11-13-21(16-20)31(34)35)22(19(5)29-25)27(33)37-18(3)4/h11-13,16-18,23,29H,7-10,14-15H2,1-6H3. The van der Waals surface area contributed by atoms with Crippen LogP contribution in [0.3, 0.4) is 0 Å². The van der Waals surface area contributed by atoms with Gasteiger partial charge in [0.05, 0.1) is 41.5 Å². The molecule has 1 aromatic carbocycles. The van der Waals surface area contributed by atoms with Crippen LogP contribution in [0.15, 0.2) is 51.9 Å². The van der Waals surface area contributed by atoms with Gasteiger partial charge in [0.25, 0.3) is 5.69 Å². The molecule has 10 nitrogen and oxygen atoms in total. The van der Waals surface area contributed by atoms with Crippen LogP contribution in [0.1, 0.15) is 71.8 Å². The zero-order valence-electron chi connectivity index (χ0n) is 22.6. The Morgan fingerprint density at radius 2 is 1.81 bits per heavy atom. The molecule has 1 unspecified atom stereocenters. The maximum atomic E-state index is 13.2. The predicted octanol–water partition coefficient (Wildman–Crippen LogP) is 4.82. The Hall–Kier alpha value is -3.69. The highest BCUT2D eigenvalue weighted by Gasteiger charge is 2.39. The van der Waals surface area contributed by atoms with Gasteiger partial charge in [-0.1, -0.05) is 38.8 Å². The highest BCUT2D eigenvalue weighted by atomic mass is 16.6. The van der Waals surface area contributed by atoms with Crippen LogP contribution in [-0.2, 0) is 19.1 Å². The van der Waals surface area contributed by atoms with E-state index in [0.717, 1.165) is 38.8 Å². The maximum absolute atomic E-state index is 13.2. The molecule has 0 fully saturated rings. The van der Waals surface area contributed by atoms with Crippen molar-refractivity contribution in [3.05, 3.63) is 62.6 Å². The average molecular weight is 515 g/mol. The molecule has 1 aromatic rings. The Morgan fingerprint density at radius 1 is 1.16 bits per heavy atom. The molecule has 0 amide bonds. The number of esters is 2. The van der Waals surface area contributed by atoms with E-state index >= 15 is 0 Å². The Balaban J connectivity index is 2.71. The zero-order chi connectivity index (χ0) is 27.5. The first kappa shape index (κ1) is 29.5. The van der Waals surface area contributed by atoms with Crippen LogP contribution in [0, 0.1) is 10.1 Å². The van der Waals surface area contributed by atoms with E-state index in [2.05, 4.69) is 29.1 Å². The lowest BCUT2D eigenvalue weighted by molar-refractivity contribution is -0.384. The molecule has 10 heteroatoms. The van der Waals surface area contributed by atoms with Crippen molar-refractivity contribution in [1.82, 2.24) is 10.2 Å². The molecule has 0 saturated carbocycles. The fourth-order valence-electron chi connectivity index (χ4n) is 4.02. The smallest absolute Gasteiger partial charge is 0.338 e. The minimum Gasteiger partial charge on any atom is -0.466 e. The number of allylic oxidation sites excluding steroid dienone is 1. The topological polar surface area (TPSA) is 123 Å². The summed E-state index contributed by atoms with van der Waals surface area (Å²) in [4.78, 5) is 44.1. The molecule has 1 atom stereocenters. The number of carbonyl (C=O) groups is 2. The van der Waals surface area contributed by atoms with Gasteiger partial charge in [-0.25, -0.2) is 14.6 Å². The summed E-state index contributed by atoms with van der Waals surface area (Å²) in [5.74, 6) is -2.09. The number of methoxy groups -OCH3 is 1. The van der Waals surface area contributed by atoms with Crippen LogP contribution in [0.4, 0.5) is 5.69 Å². The van der Waals surface area contributed by atoms with Crippen molar-refractivity contribution in [2.75, 3.05) is 20.2 Å². The third-order valence-corrected chi connectivity index (χ3v) is 5.87. The van der Waals surface area contributed by atoms with Gasteiger partial charge in [-0.2, -0.15) is 0 Å². The lowest BCUT2D eigenvalue weighted by Crippen LogP contribution is -2.34. The molecule has 0 bridgehead atoms. The van der Waals surface area contributed by atoms with E-state index in [1.165, 1.54) is 25.3 Å². The third kappa shape index (κ3) is 7.90. The highest BCUT2D eigenvalue weighted by molar-refractivity contribution is 6.00. The molecule has 1 aliphatic heterocycles. The van der Waals surface area contributed by atoms with E-state index in [1.807, 2.05) is 0 Å². The van der Waals surface area contributed by atoms with Gasteiger partial charge in [-0.3, -0.25) is 10.1 Å². The monoisotopic (exact) mass is 514 g/mol. The molecule has 1 aliphatic rings. The van der Waals surface area contributed by atoms with Crippen LogP contribution < -0.4 is 5.32 Å². The fourth-order valence-corrected chi connectivity index (χ4v) is 4.02. The van der Waals surface area contributed by atoms with Crippen molar-refractivity contribution in [3.8, 4) is 0 Å². The Kier molecular flexibility index (Phi) is 11.3. The average Bonchev–Trinajstić information content (AvgIpc) is 2.86. The van der Waals surface area contributed by atoms with Crippen LogP contribution in [0.25, 0.3) is 0 Å². The molecule has 0 spiro atoms. The number of hydrogen-bond acceptors (Lipinski definition) is 8. The molecule has 0 saturated heterocycles. The van der Waals surface area contributed by atoms with Gasteiger partial charge in [-0.15, -0.1) is 0 Å². The van der Waals surface area contributed by atoms with Crippen molar-refractivity contribution in [1.29, 1.82) is 0 Å². The first-order valence-corrected chi connectivity index (χ1v) is 12.7. The van der Waals surface area contributed by atoms with Gasteiger partial charge in [0.15, 0.2) is 0 Å². The summed E-state index contributed by atoms with van der Waals surface area (Å²) in [5, 5.41) is 14.6. The minimum absolute atomic E-state index is 0.0755.